The number of nitrogens with one attached hydrogen (secondary N) is 1. The minimum absolute atomic E-state index is 0. The average Bonchev–Trinajstić information content (AvgIpc) is 2.42. The maximum absolute atomic E-state index is 12.0. The summed E-state index contributed by atoms with van der Waals surface area (Å²) in [6, 6.07) is 8.37. The Bertz CT molecular complexity index is 399. The van der Waals surface area contributed by atoms with Crippen LogP contribution in [0.3, 0.4) is 0 Å². The minimum atomic E-state index is -0.184. The summed E-state index contributed by atoms with van der Waals surface area (Å²) in [5.41, 5.74) is 2.26. The lowest BCUT2D eigenvalue weighted by Crippen LogP contribution is -2.42. The maximum atomic E-state index is 12.0. The van der Waals surface area contributed by atoms with Crippen LogP contribution >= 0.6 is 12.4 Å². The zero-order valence-corrected chi connectivity index (χ0v) is 12.3. The van der Waals surface area contributed by atoms with Gasteiger partial charge in [0.15, 0.2) is 0 Å². The lowest BCUT2D eigenvalue weighted by atomic mass is 9.86. The number of esters is 1. The van der Waals surface area contributed by atoms with Crippen LogP contribution in [0.15, 0.2) is 24.3 Å². The number of halogens is 1. The Hall–Kier alpha value is -1.06. The van der Waals surface area contributed by atoms with Crippen LogP contribution in [-0.2, 0) is 9.53 Å². The molecule has 2 rings (SSSR count). The van der Waals surface area contributed by atoms with Crippen molar-refractivity contribution in [1.82, 2.24) is 5.32 Å². The first-order valence-electron chi connectivity index (χ1n) is 6.60. The molecule has 2 atom stereocenters. The fraction of sp³-hybridized carbons (Fsp3) is 0.533. The first-order valence-corrected chi connectivity index (χ1v) is 6.60. The van der Waals surface area contributed by atoms with E-state index in [1.165, 1.54) is 25.5 Å². The molecule has 0 aromatic heterocycles. The van der Waals surface area contributed by atoms with Crippen LogP contribution in [0.1, 0.15) is 36.3 Å². The Morgan fingerprint density at radius 2 is 2.00 bits per heavy atom. The predicted molar refractivity (Wildman–Crippen MR) is 78.8 cm³/mol. The molecule has 0 spiro atoms. The first-order chi connectivity index (χ1) is 8.72. The van der Waals surface area contributed by atoms with Gasteiger partial charge in [-0.1, -0.05) is 36.2 Å². The quantitative estimate of drug-likeness (QED) is 0.867. The Balaban J connectivity index is 0.00000180. The number of piperidine rings is 1. The van der Waals surface area contributed by atoms with Gasteiger partial charge in [-0.25, -0.2) is 0 Å². The third-order valence-corrected chi connectivity index (χ3v) is 3.64. The van der Waals surface area contributed by atoms with Crippen LogP contribution < -0.4 is 5.32 Å². The molecule has 0 bridgehead atoms. The summed E-state index contributed by atoms with van der Waals surface area (Å²) in [6.07, 6.45) is 3.41. The first kappa shape index (κ1) is 16.0. The number of aryl methyl sites for hydroxylation is 1. The Kier molecular flexibility index (Phi) is 6.32. The number of methoxy groups -OCH3 is 1. The van der Waals surface area contributed by atoms with Gasteiger partial charge in [0.05, 0.1) is 13.0 Å². The van der Waals surface area contributed by atoms with E-state index in [0.717, 1.165) is 18.5 Å². The zero-order valence-electron chi connectivity index (χ0n) is 11.5. The molecule has 1 aliphatic rings. The van der Waals surface area contributed by atoms with Gasteiger partial charge in [-0.3, -0.25) is 4.79 Å². The minimum Gasteiger partial charge on any atom is -0.469 e. The summed E-state index contributed by atoms with van der Waals surface area (Å²) in [6.45, 7) is 3.04. The molecule has 1 aromatic rings. The van der Waals surface area contributed by atoms with Crippen LogP contribution in [0.4, 0.5) is 0 Å². The molecule has 1 saturated heterocycles. The van der Waals surface area contributed by atoms with Gasteiger partial charge in [0.1, 0.15) is 0 Å². The van der Waals surface area contributed by atoms with Crippen LogP contribution in [0.2, 0.25) is 0 Å². The second-order valence-corrected chi connectivity index (χ2v) is 4.97. The van der Waals surface area contributed by atoms with Crippen molar-refractivity contribution in [3.63, 3.8) is 0 Å². The van der Waals surface area contributed by atoms with Crippen LogP contribution in [0.25, 0.3) is 0 Å². The third-order valence-electron chi connectivity index (χ3n) is 3.64. The molecule has 1 N–H and O–H groups in total. The van der Waals surface area contributed by atoms with Crippen molar-refractivity contribution in [3.05, 3.63) is 35.4 Å². The van der Waals surface area contributed by atoms with E-state index >= 15 is 0 Å². The molecule has 0 aliphatic carbocycles. The van der Waals surface area contributed by atoms with E-state index in [1.54, 1.807) is 0 Å². The van der Waals surface area contributed by atoms with E-state index in [-0.39, 0.29) is 30.3 Å². The van der Waals surface area contributed by atoms with Gasteiger partial charge in [-0.05, 0) is 31.9 Å². The SMILES string of the molecule is COC(=O)C(c1ccc(C)cc1)C1CCCCN1.Cl. The molecular weight excluding hydrogens is 262 g/mol. The summed E-state index contributed by atoms with van der Waals surface area (Å²) < 4.78 is 4.97. The van der Waals surface area contributed by atoms with Gasteiger partial charge in [0.25, 0.3) is 0 Å². The fourth-order valence-corrected chi connectivity index (χ4v) is 2.60. The molecule has 19 heavy (non-hydrogen) atoms. The molecule has 4 heteroatoms. The van der Waals surface area contributed by atoms with Crippen LogP contribution in [0.5, 0.6) is 0 Å². The number of rotatable bonds is 3. The topological polar surface area (TPSA) is 38.3 Å². The monoisotopic (exact) mass is 283 g/mol. The maximum Gasteiger partial charge on any atom is 0.314 e. The number of ether oxygens (including phenoxy) is 1. The van der Waals surface area contributed by atoms with E-state index in [4.69, 9.17) is 4.74 Å². The van der Waals surface area contributed by atoms with E-state index < -0.39 is 0 Å². The van der Waals surface area contributed by atoms with E-state index in [2.05, 4.69) is 12.2 Å². The zero-order chi connectivity index (χ0) is 13.0. The highest BCUT2D eigenvalue weighted by molar-refractivity contribution is 5.85. The molecule has 0 saturated carbocycles. The smallest absolute Gasteiger partial charge is 0.314 e. The molecule has 2 unspecified atom stereocenters. The molecule has 1 fully saturated rings. The highest BCUT2D eigenvalue weighted by atomic mass is 35.5. The average molecular weight is 284 g/mol. The van der Waals surface area contributed by atoms with Gasteiger partial charge in [0.2, 0.25) is 0 Å². The molecule has 3 nitrogen and oxygen atoms in total. The largest absolute Gasteiger partial charge is 0.469 e. The van der Waals surface area contributed by atoms with Crippen molar-refractivity contribution in [2.45, 2.75) is 38.1 Å². The van der Waals surface area contributed by atoms with Gasteiger partial charge in [-0.2, -0.15) is 0 Å². The number of hydrogen-bond acceptors (Lipinski definition) is 3. The summed E-state index contributed by atoms with van der Waals surface area (Å²) in [5, 5.41) is 3.45. The van der Waals surface area contributed by atoms with Gasteiger partial charge < -0.3 is 10.1 Å². The summed E-state index contributed by atoms with van der Waals surface area (Å²) in [5.74, 6) is -0.325. The van der Waals surface area contributed by atoms with E-state index in [0.29, 0.717) is 0 Å². The van der Waals surface area contributed by atoms with Gasteiger partial charge in [0, 0.05) is 6.04 Å². The summed E-state index contributed by atoms with van der Waals surface area (Å²) in [7, 11) is 1.46. The van der Waals surface area contributed by atoms with Crippen LogP contribution in [0, 0.1) is 6.92 Å². The normalized spacial score (nSPS) is 20.2. The van der Waals surface area contributed by atoms with Crippen molar-refractivity contribution in [2.75, 3.05) is 13.7 Å². The number of hydrogen-bond donors (Lipinski definition) is 1. The lowest BCUT2D eigenvalue weighted by Gasteiger charge is -2.30. The van der Waals surface area contributed by atoms with E-state index in [1.807, 2.05) is 24.3 Å². The second-order valence-electron chi connectivity index (χ2n) is 4.97. The van der Waals surface area contributed by atoms with Crippen molar-refractivity contribution < 1.29 is 9.53 Å². The summed E-state index contributed by atoms with van der Waals surface area (Å²) >= 11 is 0. The van der Waals surface area contributed by atoms with Gasteiger partial charge >= 0.3 is 5.97 Å². The lowest BCUT2D eigenvalue weighted by molar-refractivity contribution is -0.143. The standard InChI is InChI=1S/C15H21NO2.ClH/c1-11-6-8-12(9-7-11)14(15(17)18-2)13-5-3-4-10-16-13;/h6-9,13-14,16H,3-5,10H2,1-2H3;1H. The second kappa shape index (κ2) is 7.51. The molecule has 1 aromatic carbocycles. The Labute approximate surface area is 121 Å². The molecule has 1 aliphatic heterocycles. The highest BCUT2D eigenvalue weighted by Gasteiger charge is 2.31. The fourth-order valence-electron chi connectivity index (χ4n) is 2.60. The Morgan fingerprint density at radius 3 is 2.53 bits per heavy atom. The molecular formula is C15H22ClNO2. The molecule has 1 heterocycles. The third kappa shape index (κ3) is 3.95. The van der Waals surface area contributed by atoms with Crippen molar-refractivity contribution in [1.29, 1.82) is 0 Å². The number of carbonyl (C=O) groups excluding carboxylic acids is 1. The summed E-state index contributed by atoms with van der Waals surface area (Å²) in [4.78, 5) is 12.0. The van der Waals surface area contributed by atoms with Crippen molar-refractivity contribution in [3.8, 4) is 0 Å². The van der Waals surface area contributed by atoms with Crippen molar-refractivity contribution in [2.24, 2.45) is 0 Å². The molecule has 0 radical (unpaired) electrons. The number of carbonyl (C=O) groups is 1. The molecule has 106 valence electrons. The van der Waals surface area contributed by atoms with Crippen LogP contribution in [-0.4, -0.2) is 25.7 Å². The van der Waals surface area contributed by atoms with Crippen molar-refractivity contribution >= 4 is 18.4 Å². The Morgan fingerprint density at radius 1 is 1.32 bits per heavy atom. The molecule has 0 amide bonds. The number of benzene rings is 1. The van der Waals surface area contributed by atoms with E-state index in [9.17, 15) is 4.79 Å². The van der Waals surface area contributed by atoms with Gasteiger partial charge in [-0.15, -0.1) is 12.4 Å². The highest BCUT2D eigenvalue weighted by Crippen LogP contribution is 2.26. The predicted octanol–water partition coefficient (Wildman–Crippen LogP) is 2.82.